The third-order valence-corrected chi connectivity index (χ3v) is 4.22. The fraction of sp³-hybridized carbons (Fsp3) is 0.533. The van der Waals surface area contributed by atoms with Crippen molar-refractivity contribution in [2.24, 2.45) is 5.73 Å². The maximum atomic E-state index is 13.8. The molecule has 1 aromatic rings. The molecular weight excluding hydrogens is 314 g/mol. The maximum absolute atomic E-state index is 13.8. The van der Waals surface area contributed by atoms with Crippen LogP contribution in [-0.4, -0.2) is 29.4 Å². The summed E-state index contributed by atoms with van der Waals surface area (Å²) in [7, 11) is 0. The number of rotatable bonds is 3. The molecule has 2 N–H and O–H groups in total. The molecule has 1 amide bonds. The minimum atomic E-state index is -0.430. The second-order valence-corrected chi connectivity index (χ2v) is 5.79. The first-order valence-corrected chi connectivity index (χ1v) is 7.36. The van der Waals surface area contributed by atoms with Crippen LogP contribution in [0.1, 0.15) is 31.7 Å². The number of hydrogen-bond acceptors (Lipinski definition) is 2. The number of nitrogens with zero attached hydrogens (tertiary/aromatic N) is 1. The van der Waals surface area contributed by atoms with Gasteiger partial charge in [0.25, 0.3) is 0 Å². The van der Waals surface area contributed by atoms with Gasteiger partial charge in [-0.1, -0.05) is 17.7 Å². The Balaban J connectivity index is 0.00000220. The van der Waals surface area contributed by atoms with Crippen LogP contribution in [-0.2, 0) is 11.2 Å². The van der Waals surface area contributed by atoms with Crippen LogP contribution in [0.25, 0.3) is 0 Å². The van der Waals surface area contributed by atoms with Crippen molar-refractivity contribution in [1.82, 2.24) is 4.90 Å². The highest BCUT2D eigenvalue weighted by Crippen LogP contribution is 2.23. The van der Waals surface area contributed by atoms with Crippen LogP contribution in [0.3, 0.4) is 0 Å². The molecule has 0 radical (unpaired) electrons. The molecule has 118 valence electrons. The molecule has 21 heavy (non-hydrogen) atoms. The third-order valence-electron chi connectivity index (χ3n) is 3.87. The molecule has 0 saturated carbocycles. The standard InChI is InChI=1S/C15H20ClFN2O.ClH/c1-10(18)14-7-2-3-8-19(14)15(20)9-11-12(16)5-4-6-13(11)17;/h4-6,10,14H,2-3,7-9,18H2,1H3;1H. The molecular formula is C15H21Cl2FN2O. The number of piperidine rings is 1. The zero-order valence-corrected chi connectivity index (χ0v) is 13.6. The van der Waals surface area contributed by atoms with Crippen molar-refractivity contribution in [2.75, 3.05) is 6.54 Å². The molecule has 3 nitrogen and oxygen atoms in total. The number of hydrogen-bond donors (Lipinski definition) is 1. The van der Waals surface area contributed by atoms with Crippen molar-refractivity contribution in [3.63, 3.8) is 0 Å². The molecule has 2 rings (SSSR count). The Kier molecular flexibility index (Phi) is 6.91. The summed E-state index contributed by atoms with van der Waals surface area (Å²) >= 11 is 5.98. The van der Waals surface area contributed by atoms with E-state index in [0.29, 0.717) is 11.6 Å². The highest BCUT2D eigenvalue weighted by atomic mass is 35.5. The predicted octanol–water partition coefficient (Wildman–Crippen LogP) is 3.17. The van der Waals surface area contributed by atoms with Crippen LogP contribution in [0.15, 0.2) is 18.2 Å². The van der Waals surface area contributed by atoms with Gasteiger partial charge in [-0.05, 0) is 38.3 Å². The minimum Gasteiger partial charge on any atom is -0.338 e. The fourth-order valence-corrected chi connectivity index (χ4v) is 3.00. The lowest BCUT2D eigenvalue weighted by Crippen LogP contribution is -2.52. The molecule has 0 spiro atoms. The number of halogens is 3. The highest BCUT2D eigenvalue weighted by Gasteiger charge is 2.29. The van der Waals surface area contributed by atoms with Crippen LogP contribution < -0.4 is 5.73 Å². The minimum absolute atomic E-state index is 0. The molecule has 6 heteroatoms. The van der Waals surface area contributed by atoms with Gasteiger partial charge in [0.1, 0.15) is 5.82 Å². The van der Waals surface area contributed by atoms with Crippen molar-refractivity contribution in [3.05, 3.63) is 34.6 Å². The summed E-state index contributed by atoms with van der Waals surface area (Å²) in [5.41, 5.74) is 6.23. The SMILES string of the molecule is CC(N)C1CCCCN1C(=O)Cc1c(F)cccc1Cl.Cl. The lowest BCUT2D eigenvalue weighted by atomic mass is 9.96. The lowest BCUT2D eigenvalue weighted by molar-refractivity contribution is -0.134. The van der Waals surface area contributed by atoms with E-state index in [0.717, 1.165) is 19.3 Å². The molecule has 1 aliphatic heterocycles. The second-order valence-electron chi connectivity index (χ2n) is 5.39. The molecule has 1 heterocycles. The van der Waals surface area contributed by atoms with E-state index < -0.39 is 5.82 Å². The van der Waals surface area contributed by atoms with Crippen LogP contribution >= 0.6 is 24.0 Å². The summed E-state index contributed by atoms with van der Waals surface area (Å²) in [6.45, 7) is 2.60. The zero-order valence-electron chi connectivity index (χ0n) is 12.0. The van der Waals surface area contributed by atoms with Crippen molar-refractivity contribution >= 4 is 29.9 Å². The largest absolute Gasteiger partial charge is 0.338 e. The van der Waals surface area contributed by atoms with Crippen molar-refractivity contribution in [1.29, 1.82) is 0 Å². The summed E-state index contributed by atoms with van der Waals surface area (Å²) in [4.78, 5) is 14.2. The summed E-state index contributed by atoms with van der Waals surface area (Å²) in [5, 5.41) is 0.299. The Morgan fingerprint density at radius 1 is 1.52 bits per heavy atom. The fourth-order valence-electron chi connectivity index (χ4n) is 2.77. The smallest absolute Gasteiger partial charge is 0.227 e. The molecule has 0 aromatic heterocycles. The Morgan fingerprint density at radius 3 is 2.86 bits per heavy atom. The molecule has 2 unspecified atom stereocenters. The Morgan fingerprint density at radius 2 is 2.24 bits per heavy atom. The van der Waals surface area contributed by atoms with Gasteiger partial charge in [-0.25, -0.2) is 4.39 Å². The number of likely N-dealkylation sites (tertiary alicyclic amines) is 1. The molecule has 1 aliphatic rings. The van der Waals surface area contributed by atoms with E-state index in [1.54, 1.807) is 11.0 Å². The predicted molar refractivity (Wildman–Crippen MR) is 85.4 cm³/mol. The molecule has 1 aromatic carbocycles. The van der Waals surface area contributed by atoms with E-state index in [9.17, 15) is 9.18 Å². The average molecular weight is 335 g/mol. The molecule has 1 fully saturated rings. The van der Waals surface area contributed by atoms with Crippen molar-refractivity contribution in [3.8, 4) is 0 Å². The lowest BCUT2D eigenvalue weighted by Gasteiger charge is -2.38. The van der Waals surface area contributed by atoms with E-state index in [1.807, 2.05) is 6.92 Å². The van der Waals surface area contributed by atoms with E-state index >= 15 is 0 Å². The monoisotopic (exact) mass is 334 g/mol. The number of nitrogens with two attached hydrogens (primary N) is 1. The van der Waals surface area contributed by atoms with Crippen LogP contribution in [0.5, 0.6) is 0 Å². The Bertz CT molecular complexity index is 476. The quantitative estimate of drug-likeness (QED) is 0.922. The summed E-state index contributed by atoms with van der Waals surface area (Å²) in [6, 6.07) is 4.44. The topological polar surface area (TPSA) is 46.3 Å². The van der Waals surface area contributed by atoms with Gasteiger partial charge in [-0.15, -0.1) is 12.4 Å². The molecule has 1 saturated heterocycles. The summed E-state index contributed by atoms with van der Waals surface area (Å²) in [5.74, 6) is -0.529. The van der Waals surface area contributed by atoms with Gasteiger partial charge in [0, 0.05) is 29.2 Å². The van der Waals surface area contributed by atoms with Gasteiger partial charge < -0.3 is 10.6 Å². The average Bonchev–Trinajstić information content (AvgIpc) is 2.43. The molecule has 0 aliphatic carbocycles. The van der Waals surface area contributed by atoms with Crippen molar-refractivity contribution < 1.29 is 9.18 Å². The first-order chi connectivity index (χ1) is 9.50. The summed E-state index contributed by atoms with van der Waals surface area (Å²) < 4.78 is 13.8. The number of carbonyl (C=O) groups is 1. The summed E-state index contributed by atoms with van der Waals surface area (Å²) in [6.07, 6.45) is 2.96. The number of benzene rings is 1. The van der Waals surface area contributed by atoms with Crippen LogP contribution in [0, 0.1) is 5.82 Å². The third kappa shape index (κ3) is 4.31. The van der Waals surface area contributed by atoms with Crippen molar-refractivity contribution in [2.45, 2.75) is 44.7 Å². The van der Waals surface area contributed by atoms with Gasteiger partial charge in [0.15, 0.2) is 0 Å². The second kappa shape index (κ2) is 7.97. The Hall–Kier alpha value is -0.840. The van der Waals surface area contributed by atoms with Crippen LogP contribution in [0.4, 0.5) is 4.39 Å². The molecule has 0 bridgehead atoms. The van der Waals surface area contributed by atoms with E-state index in [4.69, 9.17) is 17.3 Å². The Labute approximate surface area is 136 Å². The number of amides is 1. The van der Waals surface area contributed by atoms with Gasteiger partial charge in [-0.2, -0.15) is 0 Å². The van der Waals surface area contributed by atoms with E-state index in [-0.39, 0.29) is 42.4 Å². The first kappa shape index (κ1) is 18.2. The highest BCUT2D eigenvalue weighted by molar-refractivity contribution is 6.31. The normalized spacial score (nSPS) is 19.8. The zero-order chi connectivity index (χ0) is 14.7. The maximum Gasteiger partial charge on any atom is 0.227 e. The number of carbonyl (C=O) groups excluding carboxylic acids is 1. The first-order valence-electron chi connectivity index (χ1n) is 6.98. The van der Waals surface area contributed by atoms with Gasteiger partial charge >= 0.3 is 0 Å². The van der Waals surface area contributed by atoms with E-state index in [1.165, 1.54) is 12.1 Å². The van der Waals surface area contributed by atoms with Gasteiger partial charge in [0.05, 0.1) is 6.42 Å². The van der Waals surface area contributed by atoms with E-state index in [2.05, 4.69) is 0 Å². The van der Waals surface area contributed by atoms with Crippen LogP contribution in [0.2, 0.25) is 5.02 Å². The van der Waals surface area contributed by atoms with Gasteiger partial charge in [0.2, 0.25) is 5.91 Å². The van der Waals surface area contributed by atoms with Gasteiger partial charge in [-0.3, -0.25) is 4.79 Å². The molecule has 2 atom stereocenters.